The lowest BCUT2D eigenvalue weighted by Crippen LogP contribution is -2.28. The summed E-state index contributed by atoms with van der Waals surface area (Å²) >= 11 is 0. The monoisotopic (exact) mass is 309 g/mol. The third kappa shape index (κ3) is 23.4. The number of rotatable bonds is 10. The lowest BCUT2D eigenvalue weighted by atomic mass is 10.5. The van der Waals surface area contributed by atoms with Gasteiger partial charge in [-0.1, -0.05) is 0 Å². The summed E-state index contributed by atoms with van der Waals surface area (Å²) in [6.45, 7) is 0.884. The highest BCUT2D eigenvalue weighted by molar-refractivity contribution is 5.85. The lowest BCUT2D eigenvalue weighted by molar-refractivity contribution is -0.527. The van der Waals surface area contributed by atoms with Crippen LogP contribution in [0.25, 0.3) is 0 Å². The Labute approximate surface area is 118 Å². The zero-order chi connectivity index (χ0) is 14.2. The van der Waals surface area contributed by atoms with E-state index in [9.17, 15) is 0 Å². The molecular formula is C9H24ClNO8. The molecule has 0 aromatic carbocycles. The first-order chi connectivity index (χ1) is 8.62. The first kappa shape index (κ1) is 24.0. The van der Waals surface area contributed by atoms with Crippen molar-refractivity contribution in [3.8, 4) is 0 Å². The molecule has 0 aliphatic heterocycles. The minimum Gasteiger partial charge on any atom is -0.394 e. The van der Waals surface area contributed by atoms with Gasteiger partial charge in [0.05, 0.1) is 57.7 Å². The minimum absolute atomic E-state index is 0. The number of hydrogen-bond donors (Lipinski definition) is 5. The smallest absolute Gasteiger partial charge is 0.0967 e. The second-order valence-corrected chi connectivity index (χ2v) is 2.93. The maximum Gasteiger partial charge on any atom is 0.0967 e. The van der Waals surface area contributed by atoms with Crippen LogP contribution in [0.15, 0.2) is 0 Å². The van der Waals surface area contributed by atoms with Gasteiger partial charge in [-0.2, -0.15) is 0 Å². The summed E-state index contributed by atoms with van der Waals surface area (Å²) in [5.41, 5.74) is 0. The first-order valence-electron chi connectivity index (χ1n) is 5.42. The average Bonchev–Trinajstić information content (AvgIpc) is 2.38. The number of halogens is 1. The SMILES string of the molecule is CC(O)CO.Cl.OCCON(OCCO)OCCO. The fourth-order valence-electron chi connectivity index (χ4n) is 0.458. The average molecular weight is 310 g/mol. The van der Waals surface area contributed by atoms with Crippen LogP contribution in [0.3, 0.4) is 0 Å². The highest BCUT2D eigenvalue weighted by Gasteiger charge is 2.05. The molecule has 19 heavy (non-hydrogen) atoms. The third-order valence-electron chi connectivity index (χ3n) is 1.13. The van der Waals surface area contributed by atoms with Crippen molar-refractivity contribution in [2.24, 2.45) is 0 Å². The topological polar surface area (TPSA) is 132 Å². The van der Waals surface area contributed by atoms with Crippen LogP contribution in [0.2, 0.25) is 0 Å². The largest absolute Gasteiger partial charge is 0.394 e. The van der Waals surface area contributed by atoms with E-state index >= 15 is 0 Å². The van der Waals surface area contributed by atoms with Crippen LogP contribution < -0.4 is 0 Å². The molecule has 0 aliphatic rings. The van der Waals surface area contributed by atoms with Gasteiger partial charge in [-0.05, 0) is 6.92 Å². The standard InChI is InChI=1S/C6H15NO6.C3H8O2.ClH/c8-1-4-11-7(12-5-2-9)13-6-3-10;1-3(5)2-4;/h8-10H,1-6H2;3-5H,2H2,1H3;1H. The molecule has 0 amide bonds. The van der Waals surface area contributed by atoms with Crippen LogP contribution in [0.5, 0.6) is 0 Å². The Bertz CT molecular complexity index is 135. The van der Waals surface area contributed by atoms with Gasteiger partial charge in [0.25, 0.3) is 0 Å². The predicted octanol–water partition coefficient (Wildman–Crippen LogP) is -2.16. The van der Waals surface area contributed by atoms with Crippen molar-refractivity contribution in [3.63, 3.8) is 0 Å². The highest BCUT2D eigenvalue weighted by atomic mass is 35.5. The number of aliphatic hydroxyl groups is 5. The van der Waals surface area contributed by atoms with Gasteiger partial charge in [-0.3, -0.25) is 0 Å². The van der Waals surface area contributed by atoms with Gasteiger partial charge in [0, 0.05) is 0 Å². The maximum atomic E-state index is 8.40. The molecule has 0 heterocycles. The zero-order valence-electron chi connectivity index (χ0n) is 10.8. The highest BCUT2D eigenvalue weighted by Crippen LogP contribution is 1.93. The lowest BCUT2D eigenvalue weighted by Gasteiger charge is -2.17. The van der Waals surface area contributed by atoms with E-state index in [0.29, 0.717) is 5.39 Å². The summed E-state index contributed by atoms with van der Waals surface area (Å²) in [5, 5.41) is 41.9. The summed E-state index contributed by atoms with van der Waals surface area (Å²) in [4.78, 5) is 14.1. The molecule has 0 saturated heterocycles. The molecule has 10 heteroatoms. The maximum absolute atomic E-state index is 8.40. The third-order valence-corrected chi connectivity index (χ3v) is 1.13. The van der Waals surface area contributed by atoms with E-state index in [1.807, 2.05) is 0 Å². The van der Waals surface area contributed by atoms with Crippen molar-refractivity contribution in [2.45, 2.75) is 13.0 Å². The van der Waals surface area contributed by atoms with Crippen molar-refractivity contribution in [3.05, 3.63) is 0 Å². The van der Waals surface area contributed by atoms with Gasteiger partial charge in [0.15, 0.2) is 0 Å². The second kappa shape index (κ2) is 20.3. The molecule has 0 aromatic rings. The molecule has 0 radical (unpaired) electrons. The van der Waals surface area contributed by atoms with Gasteiger partial charge in [0.2, 0.25) is 0 Å². The molecule has 0 bridgehead atoms. The summed E-state index contributed by atoms with van der Waals surface area (Å²) < 4.78 is 0. The van der Waals surface area contributed by atoms with Gasteiger partial charge in [0.1, 0.15) is 0 Å². The molecule has 0 aromatic heterocycles. The van der Waals surface area contributed by atoms with E-state index < -0.39 is 6.10 Å². The Kier molecular flexibility index (Phi) is 25.6. The van der Waals surface area contributed by atoms with Gasteiger partial charge in [-0.15, -0.1) is 12.4 Å². The molecular weight excluding hydrogens is 286 g/mol. The number of nitrogens with zero attached hydrogens (tertiary/aromatic N) is 1. The van der Waals surface area contributed by atoms with Crippen molar-refractivity contribution in [2.75, 3.05) is 46.2 Å². The Morgan fingerprint density at radius 3 is 1.26 bits per heavy atom. The fraction of sp³-hybridized carbons (Fsp3) is 1.00. The molecule has 0 aliphatic carbocycles. The van der Waals surface area contributed by atoms with E-state index in [1.54, 1.807) is 0 Å². The van der Waals surface area contributed by atoms with Crippen molar-refractivity contribution in [1.82, 2.24) is 5.39 Å². The predicted molar refractivity (Wildman–Crippen MR) is 67.0 cm³/mol. The molecule has 120 valence electrons. The molecule has 0 rings (SSSR count). The van der Waals surface area contributed by atoms with E-state index in [0.717, 1.165) is 0 Å². The van der Waals surface area contributed by atoms with Crippen LogP contribution in [0, 0.1) is 0 Å². The summed E-state index contributed by atoms with van der Waals surface area (Å²) in [6.07, 6.45) is -0.560. The Hall–Kier alpha value is -0.0700. The number of hydrogen-bond acceptors (Lipinski definition) is 9. The van der Waals surface area contributed by atoms with Crippen LogP contribution >= 0.6 is 12.4 Å². The van der Waals surface area contributed by atoms with Crippen LogP contribution in [0.1, 0.15) is 6.92 Å². The molecule has 5 N–H and O–H groups in total. The van der Waals surface area contributed by atoms with Crippen molar-refractivity contribution < 1.29 is 40.0 Å². The fourth-order valence-corrected chi connectivity index (χ4v) is 0.458. The van der Waals surface area contributed by atoms with E-state index in [2.05, 4.69) is 0 Å². The summed E-state index contributed by atoms with van der Waals surface area (Å²) in [7, 11) is 0. The van der Waals surface area contributed by atoms with Gasteiger partial charge >= 0.3 is 0 Å². The second-order valence-electron chi connectivity index (χ2n) is 2.93. The van der Waals surface area contributed by atoms with Crippen LogP contribution in [0.4, 0.5) is 0 Å². The Morgan fingerprint density at radius 2 is 1.11 bits per heavy atom. The van der Waals surface area contributed by atoms with E-state index in [-0.39, 0.29) is 58.7 Å². The molecule has 9 nitrogen and oxygen atoms in total. The Balaban J connectivity index is -0.000000366. The van der Waals surface area contributed by atoms with E-state index in [1.165, 1.54) is 6.92 Å². The van der Waals surface area contributed by atoms with Crippen molar-refractivity contribution >= 4 is 12.4 Å². The van der Waals surface area contributed by atoms with Gasteiger partial charge < -0.3 is 25.5 Å². The first-order valence-corrected chi connectivity index (χ1v) is 5.42. The molecule has 0 saturated carbocycles. The quantitative estimate of drug-likeness (QED) is 0.286. The molecule has 0 spiro atoms. The normalized spacial score (nSPS) is 11.5. The molecule has 1 atom stereocenters. The Morgan fingerprint density at radius 1 is 0.842 bits per heavy atom. The molecule has 0 fully saturated rings. The van der Waals surface area contributed by atoms with E-state index in [4.69, 9.17) is 40.0 Å². The van der Waals surface area contributed by atoms with Gasteiger partial charge in [-0.25, -0.2) is 14.5 Å². The summed E-state index contributed by atoms with van der Waals surface area (Å²) in [5.74, 6) is 0. The zero-order valence-corrected chi connectivity index (χ0v) is 11.7. The summed E-state index contributed by atoms with van der Waals surface area (Å²) in [6, 6.07) is 0. The van der Waals surface area contributed by atoms with Crippen LogP contribution in [-0.2, 0) is 14.5 Å². The minimum atomic E-state index is -0.560. The van der Waals surface area contributed by atoms with Crippen LogP contribution in [-0.4, -0.2) is 83.3 Å². The molecule has 1 unspecified atom stereocenters. The van der Waals surface area contributed by atoms with Crippen molar-refractivity contribution in [1.29, 1.82) is 0 Å². The number of aliphatic hydroxyl groups excluding tert-OH is 5.